The summed E-state index contributed by atoms with van der Waals surface area (Å²) < 4.78 is 1.74. The number of aryl methyl sites for hydroxylation is 1. The van der Waals surface area contributed by atoms with E-state index >= 15 is 0 Å². The number of aliphatic hydroxyl groups excluding tert-OH is 1. The Kier molecular flexibility index (Phi) is 4.86. The van der Waals surface area contributed by atoms with Crippen molar-refractivity contribution in [1.29, 1.82) is 0 Å². The van der Waals surface area contributed by atoms with E-state index in [4.69, 9.17) is 5.11 Å². The molecule has 0 aromatic carbocycles. The molecule has 1 aliphatic heterocycles. The lowest BCUT2D eigenvalue weighted by Crippen LogP contribution is -2.46. The number of amides is 1. The molecule has 1 aromatic rings. The Hall–Kier alpha value is -1.47. The van der Waals surface area contributed by atoms with Crippen molar-refractivity contribution in [2.45, 2.75) is 38.4 Å². The molecule has 2 N–H and O–H groups in total. The normalized spacial score (nSPS) is 20.0. The quantitative estimate of drug-likeness (QED) is 0.717. The highest BCUT2D eigenvalue weighted by molar-refractivity contribution is 5.76. The summed E-state index contributed by atoms with van der Waals surface area (Å²) in [6, 6.07) is 0.324. The predicted molar refractivity (Wildman–Crippen MR) is 69.2 cm³/mol. The Morgan fingerprint density at radius 2 is 2.42 bits per heavy atom. The van der Waals surface area contributed by atoms with E-state index in [9.17, 15) is 4.79 Å². The van der Waals surface area contributed by atoms with Crippen LogP contribution < -0.4 is 5.32 Å². The van der Waals surface area contributed by atoms with Gasteiger partial charge in [-0.25, -0.2) is 0 Å². The summed E-state index contributed by atoms with van der Waals surface area (Å²) in [5.41, 5.74) is 0.887. The summed E-state index contributed by atoms with van der Waals surface area (Å²) >= 11 is 0. The maximum Gasteiger partial charge on any atom is 0.222 e. The Morgan fingerprint density at radius 3 is 3.16 bits per heavy atom. The molecule has 106 valence electrons. The molecule has 2 rings (SSSR count). The molecular formula is C12H21N5O2. The molecule has 7 heteroatoms. The summed E-state index contributed by atoms with van der Waals surface area (Å²) in [6.45, 7) is 2.25. The molecule has 0 aliphatic carbocycles. The zero-order chi connectivity index (χ0) is 13.7. The number of likely N-dealkylation sites (N-methyl/N-ethyl adjacent to an activating group) is 1. The molecule has 0 bridgehead atoms. The van der Waals surface area contributed by atoms with Crippen LogP contribution in [0.3, 0.4) is 0 Å². The lowest BCUT2D eigenvalue weighted by molar-refractivity contribution is -0.132. The molecule has 7 nitrogen and oxygen atoms in total. The fourth-order valence-corrected chi connectivity index (χ4v) is 2.19. The second-order valence-corrected chi connectivity index (χ2v) is 4.94. The molecule has 0 spiro atoms. The van der Waals surface area contributed by atoms with Gasteiger partial charge >= 0.3 is 0 Å². The molecule has 0 radical (unpaired) electrons. The number of likely N-dealkylation sites (tertiary alicyclic amines) is 1. The van der Waals surface area contributed by atoms with E-state index in [1.165, 1.54) is 0 Å². The smallest absolute Gasteiger partial charge is 0.222 e. The lowest BCUT2D eigenvalue weighted by Gasteiger charge is -2.30. The molecule has 1 aliphatic rings. The second kappa shape index (κ2) is 6.63. The third kappa shape index (κ3) is 4.00. The summed E-state index contributed by atoms with van der Waals surface area (Å²) in [4.78, 5) is 13.1. The van der Waals surface area contributed by atoms with Crippen molar-refractivity contribution in [3.63, 3.8) is 0 Å². The Bertz CT molecular complexity index is 420. The van der Waals surface area contributed by atoms with E-state index in [2.05, 4.69) is 15.6 Å². The Labute approximate surface area is 112 Å². The first kappa shape index (κ1) is 14.0. The highest BCUT2D eigenvalue weighted by atomic mass is 16.3. The number of carbonyl (C=O) groups is 1. The number of aliphatic hydroxyl groups is 1. The van der Waals surface area contributed by atoms with Gasteiger partial charge < -0.3 is 15.3 Å². The third-order valence-electron chi connectivity index (χ3n) is 3.33. The zero-order valence-corrected chi connectivity index (χ0v) is 11.2. The monoisotopic (exact) mass is 267 g/mol. The van der Waals surface area contributed by atoms with Crippen molar-refractivity contribution in [3.05, 3.63) is 11.9 Å². The summed E-state index contributed by atoms with van der Waals surface area (Å²) in [6.07, 6.45) is 4.06. The van der Waals surface area contributed by atoms with Crippen LogP contribution in [0.1, 0.15) is 25.0 Å². The van der Waals surface area contributed by atoms with Gasteiger partial charge in [-0.15, -0.1) is 5.10 Å². The van der Waals surface area contributed by atoms with E-state index < -0.39 is 0 Å². The molecule has 1 saturated heterocycles. The summed E-state index contributed by atoms with van der Waals surface area (Å²) in [5.74, 6) is 0.216. The van der Waals surface area contributed by atoms with Crippen LogP contribution in [-0.2, 0) is 17.9 Å². The van der Waals surface area contributed by atoms with Crippen LogP contribution in [0.5, 0.6) is 0 Å². The molecular weight excluding hydrogens is 246 g/mol. The molecule has 1 aromatic heterocycles. The molecule has 0 saturated carbocycles. The zero-order valence-electron chi connectivity index (χ0n) is 11.2. The van der Waals surface area contributed by atoms with Crippen LogP contribution in [0.25, 0.3) is 0 Å². The summed E-state index contributed by atoms with van der Waals surface area (Å²) in [7, 11) is 1.83. The second-order valence-electron chi connectivity index (χ2n) is 4.94. The maximum absolute atomic E-state index is 11.4. The van der Waals surface area contributed by atoms with Crippen LogP contribution in [0.15, 0.2) is 6.20 Å². The van der Waals surface area contributed by atoms with Gasteiger partial charge in [-0.05, 0) is 12.8 Å². The van der Waals surface area contributed by atoms with Crippen LogP contribution in [-0.4, -0.2) is 57.1 Å². The Morgan fingerprint density at radius 1 is 1.58 bits per heavy atom. The van der Waals surface area contributed by atoms with Gasteiger partial charge in [0.05, 0.1) is 5.69 Å². The van der Waals surface area contributed by atoms with E-state index in [1.807, 2.05) is 13.2 Å². The minimum Gasteiger partial charge on any atom is -0.396 e. The van der Waals surface area contributed by atoms with Crippen LogP contribution in [0, 0.1) is 0 Å². The van der Waals surface area contributed by atoms with Crippen molar-refractivity contribution >= 4 is 5.91 Å². The molecule has 2 heterocycles. The average molecular weight is 267 g/mol. The van der Waals surface area contributed by atoms with E-state index in [1.54, 1.807) is 9.58 Å². The first-order valence-electron chi connectivity index (χ1n) is 6.66. The van der Waals surface area contributed by atoms with Crippen molar-refractivity contribution in [2.75, 3.05) is 20.2 Å². The van der Waals surface area contributed by atoms with Crippen LogP contribution >= 0.6 is 0 Å². The van der Waals surface area contributed by atoms with E-state index in [-0.39, 0.29) is 12.5 Å². The number of piperidine rings is 1. The Balaban J connectivity index is 1.76. The SMILES string of the molecule is CN1CC(NCc2cn(CCCO)nn2)CCC1=O. The minimum atomic E-state index is 0.163. The number of aromatic nitrogens is 3. The summed E-state index contributed by atoms with van der Waals surface area (Å²) in [5, 5.41) is 20.2. The molecule has 1 amide bonds. The van der Waals surface area contributed by atoms with Gasteiger partial charge in [0.15, 0.2) is 0 Å². The number of nitrogens with one attached hydrogen (secondary N) is 1. The van der Waals surface area contributed by atoms with Gasteiger partial charge in [0.2, 0.25) is 5.91 Å². The molecule has 1 atom stereocenters. The minimum absolute atomic E-state index is 0.163. The third-order valence-corrected chi connectivity index (χ3v) is 3.33. The predicted octanol–water partition coefficient (Wildman–Crippen LogP) is -0.629. The van der Waals surface area contributed by atoms with Gasteiger partial charge in [0, 0.05) is 51.9 Å². The van der Waals surface area contributed by atoms with Gasteiger partial charge in [0.25, 0.3) is 0 Å². The van der Waals surface area contributed by atoms with Gasteiger partial charge in [-0.3, -0.25) is 9.48 Å². The number of hydrogen-bond acceptors (Lipinski definition) is 5. The number of nitrogens with zero attached hydrogens (tertiary/aromatic N) is 4. The largest absolute Gasteiger partial charge is 0.396 e. The maximum atomic E-state index is 11.4. The van der Waals surface area contributed by atoms with Crippen molar-refractivity contribution in [2.24, 2.45) is 0 Å². The fraction of sp³-hybridized carbons (Fsp3) is 0.750. The highest BCUT2D eigenvalue weighted by Crippen LogP contribution is 2.10. The van der Waals surface area contributed by atoms with Crippen LogP contribution in [0.2, 0.25) is 0 Å². The van der Waals surface area contributed by atoms with E-state index in [0.717, 1.165) is 18.7 Å². The molecule has 1 unspecified atom stereocenters. The van der Waals surface area contributed by atoms with Crippen molar-refractivity contribution < 1.29 is 9.90 Å². The first-order chi connectivity index (χ1) is 9.19. The fourth-order valence-electron chi connectivity index (χ4n) is 2.19. The molecule has 1 fully saturated rings. The standard InChI is InChI=1S/C12H21N5O2/c1-16-8-10(3-4-12(16)19)13-7-11-9-17(15-14-11)5-2-6-18/h9-10,13,18H,2-8H2,1H3. The van der Waals surface area contributed by atoms with Gasteiger partial charge in [-0.2, -0.15) is 0 Å². The first-order valence-corrected chi connectivity index (χ1v) is 6.66. The number of carbonyl (C=O) groups excluding carboxylic acids is 1. The van der Waals surface area contributed by atoms with E-state index in [0.29, 0.717) is 32.0 Å². The lowest BCUT2D eigenvalue weighted by atomic mass is 10.1. The van der Waals surface area contributed by atoms with Crippen molar-refractivity contribution in [3.8, 4) is 0 Å². The number of hydrogen-bond donors (Lipinski definition) is 2. The highest BCUT2D eigenvalue weighted by Gasteiger charge is 2.22. The van der Waals surface area contributed by atoms with Crippen molar-refractivity contribution in [1.82, 2.24) is 25.2 Å². The topological polar surface area (TPSA) is 83.3 Å². The molecule has 19 heavy (non-hydrogen) atoms. The van der Waals surface area contributed by atoms with Gasteiger partial charge in [0.1, 0.15) is 0 Å². The van der Waals surface area contributed by atoms with Crippen LogP contribution in [0.4, 0.5) is 0 Å². The van der Waals surface area contributed by atoms with Gasteiger partial charge in [-0.1, -0.05) is 5.21 Å². The average Bonchev–Trinajstić information content (AvgIpc) is 2.86. The number of rotatable bonds is 6.